The molecule has 0 fully saturated rings. The number of anilines is 1. The summed E-state index contributed by atoms with van der Waals surface area (Å²) >= 11 is 0. The Labute approximate surface area is 144 Å². The van der Waals surface area contributed by atoms with Crippen molar-refractivity contribution in [3.63, 3.8) is 0 Å². The van der Waals surface area contributed by atoms with E-state index in [0.29, 0.717) is 17.5 Å². The van der Waals surface area contributed by atoms with Crippen molar-refractivity contribution in [3.8, 4) is 5.75 Å². The molecule has 0 aliphatic rings. The van der Waals surface area contributed by atoms with E-state index in [9.17, 15) is 4.79 Å². The van der Waals surface area contributed by atoms with Crippen LogP contribution in [0.4, 0.5) is 5.69 Å². The summed E-state index contributed by atoms with van der Waals surface area (Å²) in [6, 6.07) is 15.9. The van der Waals surface area contributed by atoms with Crippen molar-refractivity contribution in [2.45, 2.75) is 19.6 Å². The Morgan fingerprint density at radius 1 is 1.20 bits per heavy atom. The number of benzene rings is 2. The number of hydrogen-bond donors (Lipinski definition) is 2. The zero-order valence-electron chi connectivity index (χ0n) is 13.7. The minimum absolute atomic E-state index is 0.196. The Bertz CT molecular complexity index is 831. The lowest BCUT2D eigenvalue weighted by Crippen LogP contribution is -2.27. The average Bonchev–Trinajstić information content (AvgIpc) is 3.05. The van der Waals surface area contributed by atoms with Crippen molar-refractivity contribution in [1.82, 2.24) is 10.1 Å². The smallest absolute Gasteiger partial charge is 0.264 e. The topological polar surface area (TPSA) is 103 Å². The summed E-state index contributed by atoms with van der Waals surface area (Å²) in [6.45, 7) is 1.94. The number of hydrogen-bond acceptors (Lipinski definition) is 6. The number of primary amides is 1. The van der Waals surface area contributed by atoms with Gasteiger partial charge in [-0.15, -0.1) is 0 Å². The fourth-order valence-corrected chi connectivity index (χ4v) is 2.32. The Morgan fingerprint density at radius 2 is 1.92 bits per heavy atom. The normalized spacial score (nSPS) is 11.7. The molecule has 1 aromatic heterocycles. The standard InChI is InChI=1S/C18H18N4O3/c1-12-20-16(25-22-12)11-24-15-9-7-14(8-10-15)21-17(18(19)23)13-5-3-2-4-6-13/h2-10,17,21H,11H2,1H3,(H2,19,23)/t17-/m1/s1. The van der Waals surface area contributed by atoms with Crippen LogP contribution in [0.15, 0.2) is 59.1 Å². The van der Waals surface area contributed by atoms with Gasteiger partial charge in [0, 0.05) is 5.69 Å². The Morgan fingerprint density at radius 3 is 2.52 bits per heavy atom. The third kappa shape index (κ3) is 4.35. The van der Waals surface area contributed by atoms with Crippen LogP contribution < -0.4 is 15.8 Å². The second kappa shape index (κ2) is 7.48. The summed E-state index contributed by atoms with van der Waals surface area (Å²) in [4.78, 5) is 15.8. The molecule has 0 radical (unpaired) electrons. The summed E-state index contributed by atoms with van der Waals surface area (Å²) < 4.78 is 10.6. The summed E-state index contributed by atoms with van der Waals surface area (Å²) in [5, 5.41) is 6.83. The fourth-order valence-electron chi connectivity index (χ4n) is 2.32. The number of nitrogens with zero attached hydrogens (tertiary/aromatic N) is 2. The molecule has 25 heavy (non-hydrogen) atoms. The van der Waals surface area contributed by atoms with E-state index < -0.39 is 11.9 Å². The molecule has 0 aliphatic heterocycles. The molecule has 0 bridgehead atoms. The maximum atomic E-state index is 11.7. The van der Waals surface area contributed by atoms with Crippen molar-refractivity contribution in [2.75, 3.05) is 5.32 Å². The van der Waals surface area contributed by atoms with Crippen LogP contribution in [0.3, 0.4) is 0 Å². The number of aromatic nitrogens is 2. The van der Waals surface area contributed by atoms with Gasteiger partial charge in [-0.1, -0.05) is 35.5 Å². The highest BCUT2D eigenvalue weighted by molar-refractivity contribution is 5.84. The van der Waals surface area contributed by atoms with E-state index in [1.165, 1.54) is 0 Å². The van der Waals surface area contributed by atoms with Crippen molar-refractivity contribution in [3.05, 3.63) is 71.9 Å². The molecular formula is C18H18N4O3. The third-order valence-corrected chi connectivity index (χ3v) is 3.51. The monoisotopic (exact) mass is 338 g/mol. The highest BCUT2D eigenvalue weighted by Crippen LogP contribution is 2.22. The van der Waals surface area contributed by atoms with Gasteiger partial charge in [-0.25, -0.2) is 0 Å². The number of carbonyl (C=O) groups excluding carboxylic acids is 1. The summed E-state index contributed by atoms with van der Waals surface area (Å²) in [5.74, 6) is 1.18. The van der Waals surface area contributed by atoms with Crippen LogP contribution in [0, 0.1) is 6.92 Å². The number of carbonyl (C=O) groups is 1. The van der Waals surface area contributed by atoms with Gasteiger partial charge in [-0.2, -0.15) is 4.98 Å². The molecule has 2 aromatic carbocycles. The first-order valence-corrected chi connectivity index (χ1v) is 7.74. The lowest BCUT2D eigenvalue weighted by atomic mass is 10.1. The van der Waals surface area contributed by atoms with Gasteiger partial charge in [-0.05, 0) is 36.8 Å². The first-order chi connectivity index (χ1) is 12.1. The molecular weight excluding hydrogens is 320 g/mol. The van der Waals surface area contributed by atoms with Crippen LogP contribution in [0.2, 0.25) is 0 Å². The Kier molecular flexibility index (Phi) is 4.94. The predicted octanol–water partition coefficient (Wildman–Crippen LogP) is 2.60. The molecule has 3 N–H and O–H groups in total. The second-order valence-corrected chi connectivity index (χ2v) is 5.44. The molecule has 0 saturated carbocycles. The molecule has 1 amide bonds. The van der Waals surface area contributed by atoms with Crippen molar-refractivity contribution in [1.29, 1.82) is 0 Å². The highest BCUT2D eigenvalue weighted by atomic mass is 16.5. The Hall–Kier alpha value is -3.35. The summed E-state index contributed by atoms with van der Waals surface area (Å²) in [6.07, 6.45) is 0. The number of nitrogens with one attached hydrogen (secondary N) is 1. The zero-order chi connectivity index (χ0) is 17.6. The molecule has 7 heteroatoms. The van der Waals surface area contributed by atoms with Crippen LogP contribution in [-0.4, -0.2) is 16.0 Å². The van der Waals surface area contributed by atoms with Crippen molar-refractivity contribution >= 4 is 11.6 Å². The molecule has 7 nitrogen and oxygen atoms in total. The Balaban J connectivity index is 1.64. The van der Waals surface area contributed by atoms with E-state index in [1.54, 1.807) is 19.1 Å². The lowest BCUT2D eigenvalue weighted by Gasteiger charge is -2.17. The first kappa shape index (κ1) is 16.5. The largest absolute Gasteiger partial charge is 0.484 e. The van der Waals surface area contributed by atoms with Gasteiger partial charge in [0.15, 0.2) is 12.4 Å². The van der Waals surface area contributed by atoms with Gasteiger partial charge >= 0.3 is 0 Å². The van der Waals surface area contributed by atoms with Crippen LogP contribution in [-0.2, 0) is 11.4 Å². The van der Waals surface area contributed by atoms with E-state index >= 15 is 0 Å². The number of ether oxygens (including phenoxy) is 1. The van der Waals surface area contributed by atoms with E-state index in [2.05, 4.69) is 15.5 Å². The van der Waals surface area contributed by atoms with Crippen LogP contribution in [0.1, 0.15) is 23.3 Å². The first-order valence-electron chi connectivity index (χ1n) is 7.74. The number of aryl methyl sites for hydroxylation is 1. The molecule has 3 rings (SSSR count). The average molecular weight is 338 g/mol. The molecule has 0 unspecified atom stereocenters. The lowest BCUT2D eigenvalue weighted by molar-refractivity contribution is -0.118. The van der Waals surface area contributed by atoms with Gasteiger partial charge in [-0.3, -0.25) is 4.79 Å². The van der Waals surface area contributed by atoms with Gasteiger partial charge in [0.25, 0.3) is 5.89 Å². The van der Waals surface area contributed by atoms with Gasteiger partial charge in [0.2, 0.25) is 5.91 Å². The van der Waals surface area contributed by atoms with Crippen molar-refractivity contribution < 1.29 is 14.1 Å². The maximum absolute atomic E-state index is 11.7. The fraction of sp³-hybridized carbons (Fsp3) is 0.167. The van der Waals surface area contributed by atoms with E-state index in [-0.39, 0.29) is 6.61 Å². The summed E-state index contributed by atoms with van der Waals surface area (Å²) in [5.41, 5.74) is 7.08. The highest BCUT2D eigenvalue weighted by Gasteiger charge is 2.17. The van der Waals surface area contributed by atoms with Gasteiger partial charge in [0.1, 0.15) is 11.8 Å². The molecule has 0 aliphatic carbocycles. The van der Waals surface area contributed by atoms with E-state index in [4.69, 9.17) is 15.0 Å². The third-order valence-electron chi connectivity index (χ3n) is 3.51. The number of amides is 1. The molecule has 3 aromatic rings. The van der Waals surface area contributed by atoms with Gasteiger partial charge < -0.3 is 20.3 Å². The second-order valence-electron chi connectivity index (χ2n) is 5.44. The predicted molar refractivity (Wildman–Crippen MR) is 91.8 cm³/mol. The molecule has 1 heterocycles. The number of nitrogens with two attached hydrogens (primary N) is 1. The van der Waals surface area contributed by atoms with E-state index in [0.717, 1.165) is 11.3 Å². The van der Waals surface area contributed by atoms with Crippen LogP contribution in [0.5, 0.6) is 5.75 Å². The maximum Gasteiger partial charge on any atom is 0.264 e. The SMILES string of the molecule is Cc1noc(COc2ccc(N[C@@H](C(N)=O)c3ccccc3)cc2)n1. The van der Waals surface area contributed by atoms with Crippen LogP contribution in [0.25, 0.3) is 0 Å². The molecule has 0 spiro atoms. The zero-order valence-corrected chi connectivity index (χ0v) is 13.7. The van der Waals surface area contributed by atoms with Crippen LogP contribution >= 0.6 is 0 Å². The molecule has 1 atom stereocenters. The summed E-state index contributed by atoms with van der Waals surface area (Å²) in [7, 11) is 0. The minimum atomic E-state index is -0.602. The van der Waals surface area contributed by atoms with Gasteiger partial charge in [0.05, 0.1) is 0 Å². The van der Waals surface area contributed by atoms with E-state index in [1.807, 2.05) is 42.5 Å². The molecule has 128 valence electrons. The molecule has 0 saturated heterocycles. The number of rotatable bonds is 7. The van der Waals surface area contributed by atoms with Crippen molar-refractivity contribution in [2.24, 2.45) is 5.73 Å². The quantitative estimate of drug-likeness (QED) is 0.686. The minimum Gasteiger partial charge on any atom is -0.484 e.